The lowest BCUT2D eigenvalue weighted by atomic mass is 10.1. The van der Waals surface area contributed by atoms with Gasteiger partial charge in [0.1, 0.15) is 0 Å². The molecule has 2 N–H and O–H groups in total. The number of nitrogens with zero attached hydrogens (tertiary/aromatic N) is 1. The summed E-state index contributed by atoms with van der Waals surface area (Å²) in [6.45, 7) is 3.71. The molecule has 1 atom stereocenters. The molecule has 0 bridgehead atoms. The smallest absolute Gasteiger partial charge is 0.264 e. The van der Waals surface area contributed by atoms with Gasteiger partial charge in [-0.2, -0.15) is 0 Å². The molecule has 1 unspecified atom stereocenters. The highest BCUT2D eigenvalue weighted by atomic mass is 32.2. The minimum absolute atomic E-state index is 0.0793. The number of anilines is 2. The fourth-order valence-electron chi connectivity index (χ4n) is 2.97. The van der Waals surface area contributed by atoms with E-state index >= 15 is 0 Å². The lowest BCUT2D eigenvalue weighted by molar-refractivity contribution is 0.583. The van der Waals surface area contributed by atoms with Crippen LogP contribution in [0.1, 0.15) is 18.1 Å². The van der Waals surface area contributed by atoms with Crippen molar-refractivity contribution in [3.63, 3.8) is 0 Å². The summed E-state index contributed by atoms with van der Waals surface area (Å²) in [5.74, 6) is 0. The first kappa shape index (κ1) is 13.9. The molecule has 0 radical (unpaired) electrons. The number of fused-ring (bicyclic) bond motifs is 1. The van der Waals surface area contributed by atoms with Crippen molar-refractivity contribution in [2.24, 2.45) is 0 Å². The molecule has 1 heterocycles. The van der Waals surface area contributed by atoms with Gasteiger partial charge in [0.05, 0.1) is 10.6 Å². The van der Waals surface area contributed by atoms with Gasteiger partial charge in [0.15, 0.2) is 0 Å². The highest BCUT2D eigenvalue weighted by Crippen LogP contribution is 2.37. The van der Waals surface area contributed by atoms with Crippen LogP contribution in [0.15, 0.2) is 47.4 Å². The van der Waals surface area contributed by atoms with Crippen LogP contribution in [-0.2, 0) is 16.4 Å². The van der Waals surface area contributed by atoms with E-state index in [0.717, 1.165) is 17.7 Å². The molecule has 0 spiro atoms. The zero-order valence-electron chi connectivity index (χ0n) is 12.1. The van der Waals surface area contributed by atoms with Gasteiger partial charge in [-0.05, 0) is 55.7 Å². The Hall–Kier alpha value is -2.01. The SMILES string of the molecule is Cc1cc(N)ccc1S(=O)(=O)N1c2ccccc2CC1C. The number of sulfonamides is 1. The van der Waals surface area contributed by atoms with Gasteiger partial charge in [-0.3, -0.25) is 4.31 Å². The zero-order chi connectivity index (χ0) is 15.2. The molecule has 0 aromatic heterocycles. The van der Waals surface area contributed by atoms with E-state index < -0.39 is 10.0 Å². The molecule has 0 amide bonds. The standard InChI is InChI=1S/C16H18N2O2S/c1-11-9-14(17)7-8-16(11)21(19,20)18-12(2)10-13-5-3-4-6-15(13)18/h3-9,12H,10,17H2,1-2H3. The summed E-state index contributed by atoms with van der Waals surface area (Å²) in [5, 5.41) is 0. The maximum absolute atomic E-state index is 13.0. The van der Waals surface area contributed by atoms with Gasteiger partial charge >= 0.3 is 0 Å². The van der Waals surface area contributed by atoms with Crippen LogP contribution in [0.2, 0.25) is 0 Å². The second-order valence-electron chi connectivity index (χ2n) is 5.51. The van der Waals surface area contributed by atoms with Crippen LogP contribution in [0.4, 0.5) is 11.4 Å². The fourth-order valence-corrected chi connectivity index (χ4v) is 4.87. The van der Waals surface area contributed by atoms with Crippen molar-refractivity contribution < 1.29 is 8.42 Å². The third-order valence-electron chi connectivity index (χ3n) is 3.88. The van der Waals surface area contributed by atoms with Crippen molar-refractivity contribution in [1.29, 1.82) is 0 Å². The molecule has 3 rings (SSSR count). The molecule has 5 heteroatoms. The second kappa shape index (κ2) is 4.77. The minimum atomic E-state index is -3.57. The third kappa shape index (κ3) is 2.17. The van der Waals surface area contributed by atoms with Gasteiger partial charge in [0.25, 0.3) is 10.0 Å². The van der Waals surface area contributed by atoms with Crippen LogP contribution >= 0.6 is 0 Å². The van der Waals surface area contributed by atoms with E-state index in [0.29, 0.717) is 16.1 Å². The first-order valence-corrected chi connectivity index (χ1v) is 8.34. The summed E-state index contributed by atoms with van der Waals surface area (Å²) >= 11 is 0. The summed E-state index contributed by atoms with van der Waals surface area (Å²) in [6.07, 6.45) is 0.740. The van der Waals surface area contributed by atoms with Gasteiger partial charge in [0, 0.05) is 11.7 Å². The molecule has 0 saturated carbocycles. The maximum atomic E-state index is 13.0. The van der Waals surface area contributed by atoms with Gasteiger partial charge in [0.2, 0.25) is 0 Å². The molecule has 1 aliphatic heterocycles. The van der Waals surface area contributed by atoms with E-state index in [9.17, 15) is 8.42 Å². The predicted octanol–water partition coefficient (Wildman–Crippen LogP) is 2.72. The number of nitrogen functional groups attached to an aromatic ring is 1. The van der Waals surface area contributed by atoms with Gasteiger partial charge < -0.3 is 5.73 Å². The summed E-state index contributed by atoms with van der Waals surface area (Å²) < 4.78 is 27.6. The average molecular weight is 302 g/mol. The maximum Gasteiger partial charge on any atom is 0.264 e. The number of aryl methyl sites for hydroxylation is 1. The predicted molar refractivity (Wildman–Crippen MR) is 84.9 cm³/mol. The second-order valence-corrected chi connectivity index (χ2v) is 7.29. The topological polar surface area (TPSA) is 63.4 Å². The molecule has 1 aliphatic rings. The monoisotopic (exact) mass is 302 g/mol. The quantitative estimate of drug-likeness (QED) is 0.868. The number of para-hydroxylation sites is 1. The summed E-state index contributed by atoms with van der Waals surface area (Å²) in [4.78, 5) is 0.320. The number of hydrogen-bond acceptors (Lipinski definition) is 3. The molecule has 4 nitrogen and oxygen atoms in total. The van der Waals surface area contributed by atoms with Crippen LogP contribution in [-0.4, -0.2) is 14.5 Å². The first-order chi connectivity index (χ1) is 9.91. The lowest BCUT2D eigenvalue weighted by Crippen LogP contribution is -2.36. The molecule has 21 heavy (non-hydrogen) atoms. The largest absolute Gasteiger partial charge is 0.399 e. The van der Waals surface area contributed by atoms with Gasteiger partial charge in [-0.1, -0.05) is 18.2 Å². The minimum Gasteiger partial charge on any atom is -0.399 e. The Kier molecular flexibility index (Phi) is 3.17. The molecule has 0 saturated heterocycles. The Morgan fingerprint density at radius 1 is 1.19 bits per heavy atom. The van der Waals surface area contributed by atoms with Crippen molar-refractivity contribution in [1.82, 2.24) is 0 Å². The van der Waals surface area contributed by atoms with Crippen molar-refractivity contribution in [3.05, 3.63) is 53.6 Å². The van der Waals surface area contributed by atoms with Crippen molar-refractivity contribution in [2.75, 3.05) is 10.0 Å². The van der Waals surface area contributed by atoms with Crippen molar-refractivity contribution >= 4 is 21.4 Å². The van der Waals surface area contributed by atoms with Crippen molar-refractivity contribution in [2.45, 2.75) is 31.2 Å². The normalized spacial score (nSPS) is 17.8. The third-order valence-corrected chi connectivity index (χ3v) is 5.97. The van der Waals surface area contributed by atoms with Crippen LogP contribution < -0.4 is 10.0 Å². The Morgan fingerprint density at radius 2 is 1.90 bits per heavy atom. The van der Waals surface area contributed by atoms with Crippen LogP contribution in [0.25, 0.3) is 0 Å². The van der Waals surface area contributed by atoms with E-state index in [-0.39, 0.29) is 6.04 Å². The van der Waals surface area contributed by atoms with E-state index in [1.165, 1.54) is 4.31 Å². The Morgan fingerprint density at radius 3 is 2.62 bits per heavy atom. The molecule has 0 aliphatic carbocycles. The Bertz CT molecular complexity index is 800. The average Bonchev–Trinajstić information content (AvgIpc) is 2.74. The van der Waals surface area contributed by atoms with E-state index in [1.54, 1.807) is 25.1 Å². The summed E-state index contributed by atoms with van der Waals surface area (Å²) in [5.41, 5.74) is 8.81. The van der Waals surface area contributed by atoms with Crippen LogP contribution in [0.3, 0.4) is 0 Å². The highest BCUT2D eigenvalue weighted by Gasteiger charge is 2.36. The molecular weight excluding hydrogens is 284 g/mol. The van der Waals surface area contributed by atoms with Gasteiger partial charge in [-0.25, -0.2) is 8.42 Å². The molecule has 2 aromatic rings. The Labute approximate surface area is 125 Å². The number of rotatable bonds is 2. The number of benzene rings is 2. The molecule has 110 valence electrons. The summed E-state index contributed by atoms with van der Waals surface area (Å²) in [7, 11) is -3.57. The molecule has 2 aromatic carbocycles. The fraction of sp³-hybridized carbons (Fsp3) is 0.250. The van der Waals surface area contributed by atoms with E-state index in [2.05, 4.69) is 0 Å². The highest BCUT2D eigenvalue weighted by molar-refractivity contribution is 7.93. The number of hydrogen-bond donors (Lipinski definition) is 1. The van der Waals surface area contributed by atoms with Crippen LogP contribution in [0.5, 0.6) is 0 Å². The van der Waals surface area contributed by atoms with Gasteiger partial charge in [-0.15, -0.1) is 0 Å². The number of nitrogens with two attached hydrogens (primary N) is 1. The molecule has 0 fully saturated rings. The lowest BCUT2D eigenvalue weighted by Gasteiger charge is -2.25. The van der Waals surface area contributed by atoms with E-state index in [4.69, 9.17) is 5.73 Å². The van der Waals surface area contributed by atoms with Crippen molar-refractivity contribution in [3.8, 4) is 0 Å². The Balaban J connectivity index is 2.15. The summed E-state index contributed by atoms with van der Waals surface area (Å²) in [6, 6.07) is 12.5. The van der Waals surface area contributed by atoms with E-state index in [1.807, 2.05) is 31.2 Å². The first-order valence-electron chi connectivity index (χ1n) is 6.90. The van der Waals surface area contributed by atoms with Crippen LogP contribution in [0, 0.1) is 6.92 Å². The zero-order valence-corrected chi connectivity index (χ0v) is 12.9. The molecular formula is C16H18N2O2S.